The Kier molecular flexibility index (Phi) is 4.08. The highest BCUT2D eigenvalue weighted by Gasteiger charge is 2.13. The van der Waals surface area contributed by atoms with E-state index in [4.69, 9.17) is 10.6 Å². The minimum atomic E-state index is -0.271. The zero-order valence-electron chi connectivity index (χ0n) is 9.61. The standard InChI is InChI=1S/C12H17N3O2/c13-15-12(16)10-3-1-9(2-4-10)7-11-8-14-5-6-17-11/h1-4,11,14H,5-8,13H2,(H,15,16). The molecule has 1 aromatic rings. The number of morpholine rings is 1. The average Bonchev–Trinajstić information content (AvgIpc) is 2.40. The summed E-state index contributed by atoms with van der Waals surface area (Å²) in [6.07, 6.45) is 1.08. The molecule has 0 bridgehead atoms. The number of benzene rings is 1. The first-order chi connectivity index (χ1) is 8.29. The summed E-state index contributed by atoms with van der Waals surface area (Å²) >= 11 is 0. The van der Waals surface area contributed by atoms with E-state index in [0.717, 1.165) is 31.7 Å². The van der Waals surface area contributed by atoms with Crippen molar-refractivity contribution in [3.05, 3.63) is 35.4 Å². The summed E-state index contributed by atoms with van der Waals surface area (Å²) in [7, 11) is 0. The van der Waals surface area contributed by atoms with Gasteiger partial charge >= 0.3 is 0 Å². The lowest BCUT2D eigenvalue weighted by atomic mass is 10.0. The van der Waals surface area contributed by atoms with Crippen LogP contribution in [0.4, 0.5) is 0 Å². The number of ether oxygens (including phenoxy) is 1. The highest BCUT2D eigenvalue weighted by atomic mass is 16.5. The molecule has 0 radical (unpaired) electrons. The molecule has 1 heterocycles. The summed E-state index contributed by atoms with van der Waals surface area (Å²) in [5.41, 5.74) is 3.84. The van der Waals surface area contributed by atoms with Gasteiger partial charge in [-0.15, -0.1) is 0 Å². The summed E-state index contributed by atoms with van der Waals surface area (Å²) in [4.78, 5) is 11.2. The SMILES string of the molecule is NNC(=O)c1ccc(CC2CNCCO2)cc1. The number of carbonyl (C=O) groups is 1. The van der Waals surface area contributed by atoms with Gasteiger partial charge in [-0.2, -0.15) is 0 Å². The van der Waals surface area contributed by atoms with E-state index in [1.54, 1.807) is 12.1 Å². The molecule has 17 heavy (non-hydrogen) atoms. The number of rotatable bonds is 3. The summed E-state index contributed by atoms with van der Waals surface area (Å²) in [5, 5.41) is 3.29. The molecule has 5 nitrogen and oxygen atoms in total. The molecular formula is C12H17N3O2. The Balaban J connectivity index is 1.95. The zero-order chi connectivity index (χ0) is 12.1. The molecule has 92 valence electrons. The Morgan fingerprint density at radius 2 is 2.24 bits per heavy atom. The van der Waals surface area contributed by atoms with Crippen LogP contribution < -0.4 is 16.6 Å². The Bertz CT molecular complexity index is 372. The van der Waals surface area contributed by atoms with Crippen molar-refractivity contribution in [1.29, 1.82) is 0 Å². The molecule has 2 rings (SSSR count). The molecule has 0 saturated carbocycles. The van der Waals surface area contributed by atoms with E-state index in [1.807, 2.05) is 12.1 Å². The van der Waals surface area contributed by atoms with E-state index in [-0.39, 0.29) is 12.0 Å². The maximum atomic E-state index is 11.2. The van der Waals surface area contributed by atoms with Crippen LogP contribution in [-0.4, -0.2) is 31.7 Å². The molecule has 0 aromatic heterocycles. The fourth-order valence-electron chi connectivity index (χ4n) is 1.89. The number of carbonyl (C=O) groups excluding carboxylic acids is 1. The third kappa shape index (κ3) is 3.26. The molecule has 1 aliphatic rings. The number of hydrogen-bond acceptors (Lipinski definition) is 4. The Morgan fingerprint density at radius 1 is 1.47 bits per heavy atom. The number of hydrazine groups is 1. The first kappa shape index (κ1) is 12.0. The second-order valence-corrected chi connectivity index (χ2v) is 4.07. The van der Waals surface area contributed by atoms with Crippen molar-refractivity contribution < 1.29 is 9.53 Å². The topological polar surface area (TPSA) is 76.4 Å². The van der Waals surface area contributed by atoms with Gasteiger partial charge in [0, 0.05) is 18.7 Å². The molecule has 1 fully saturated rings. The lowest BCUT2D eigenvalue weighted by Crippen LogP contribution is -2.39. The molecule has 1 unspecified atom stereocenters. The first-order valence-corrected chi connectivity index (χ1v) is 5.72. The van der Waals surface area contributed by atoms with Crippen molar-refractivity contribution in [1.82, 2.24) is 10.7 Å². The minimum absolute atomic E-state index is 0.220. The lowest BCUT2D eigenvalue weighted by molar-refractivity contribution is 0.0292. The van der Waals surface area contributed by atoms with Crippen molar-refractivity contribution in [3.8, 4) is 0 Å². The number of amides is 1. The predicted molar refractivity (Wildman–Crippen MR) is 64.4 cm³/mol. The van der Waals surface area contributed by atoms with E-state index < -0.39 is 0 Å². The van der Waals surface area contributed by atoms with Gasteiger partial charge in [-0.3, -0.25) is 10.2 Å². The van der Waals surface area contributed by atoms with Gasteiger partial charge in [0.2, 0.25) is 0 Å². The molecule has 1 atom stereocenters. The van der Waals surface area contributed by atoms with Gasteiger partial charge in [0.25, 0.3) is 5.91 Å². The molecule has 4 N–H and O–H groups in total. The normalized spacial score (nSPS) is 19.9. The van der Waals surface area contributed by atoms with Crippen LogP contribution in [-0.2, 0) is 11.2 Å². The quantitative estimate of drug-likeness (QED) is 0.386. The Morgan fingerprint density at radius 3 is 2.82 bits per heavy atom. The van der Waals surface area contributed by atoms with Crippen LogP contribution in [0.15, 0.2) is 24.3 Å². The third-order valence-corrected chi connectivity index (χ3v) is 2.81. The van der Waals surface area contributed by atoms with Crippen molar-refractivity contribution in [2.75, 3.05) is 19.7 Å². The van der Waals surface area contributed by atoms with Crippen molar-refractivity contribution in [2.45, 2.75) is 12.5 Å². The maximum absolute atomic E-state index is 11.2. The minimum Gasteiger partial charge on any atom is -0.375 e. The largest absolute Gasteiger partial charge is 0.375 e. The van der Waals surface area contributed by atoms with E-state index in [2.05, 4.69) is 10.7 Å². The van der Waals surface area contributed by atoms with Crippen LogP contribution >= 0.6 is 0 Å². The fraction of sp³-hybridized carbons (Fsp3) is 0.417. The van der Waals surface area contributed by atoms with E-state index >= 15 is 0 Å². The highest BCUT2D eigenvalue weighted by Crippen LogP contribution is 2.09. The second-order valence-electron chi connectivity index (χ2n) is 4.07. The zero-order valence-corrected chi connectivity index (χ0v) is 9.61. The predicted octanol–water partition coefficient (Wildman–Crippen LogP) is -0.179. The summed E-state index contributed by atoms with van der Waals surface area (Å²) in [5.74, 6) is 4.79. The number of hydrogen-bond donors (Lipinski definition) is 3. The van der Waals surface area contributed by atoms with Crippen LogP contribution in [0.5, 0.6) is 0 Å². The smallest absolute Gasteiger partial charge is 0.265 e. The average molecular weight is 235 g/mol. The Hall–Kier alpha value is -1.43. The van der Waals surface area contributed by atoms with E-state index in [0.29, 0.717) is 5.56 Å². The van der Waals surface area contributed by atoms with Crippen molar-refractivity contribution in [3.63, 3.8) is 0 Å². The molecule has 5 heteroatoms. The molecule has 1 saturated heterocycles. The van der Waals surface area contributed by atoms with Crippen LogP contribution in [0, 0.1) is 0 Å². The van der Waals surface area contributed by atoms with Crippen LogP contribution in [0.2, 0.25) is 0 Å². The molecule has 0 aliphatic carbocycles. The van der Waals surface area contributed by atoms with Crippen molar-refractivity contribution in [2.24, 2.45) is 5.84 Å². The number of nitrogens with two attached hydrogens (primary N) is 1. The Labute approximate surface area is 100 Å². The highest BCUT2D eigenvalue weighted by molar-refractivity contribution is 5.93. The second kappa shape index (κ2) is 5.77. The lowest BCUT2D eigenvalue weighted by Gasteiger charge is -2.23. The van der Waals surface area contributed by atoms with Crippen LogP contribution in [0.3, 0.4) is 0 Å². The third-order valence-electron chi connectivity index (χ3n) is 2.81. The first-order valence-electron chi connectivity index (χ1n) is 5.72. The summed E-state index contributed by atoms with van der Waals surface area (Å²) < 4.78 is 5.62. The van der Waals surface area contributed by atoms with Gasteiger partial charge in [0.05, 0.1) is 12.7 Å². The molecule has 0 spiro atoms. The van der Waals surface area contributed by atoms with E-state index in [9.17, 15) is 4.79 Å². The summed E-state index contributed by atoms with van der Waals surface area (Å²) in [6.45, 7) is 2.56. The maximum Gasteiger partial charge on any atom is 0.265 e. The van der Waals surface area contributed by atoms with Gasteiger partial charge in [-0.1, -0.05) is 12.1 Å². The molecule has 1 amide bonds. The molecule has 1 aliphatic heterocycles. The van der Waals surface area contributed by atoms with Crippen molar-refractivity contribution >= 4 is 5.91 Å². The monoisotopic (exact) mass is 235 g/mol. The van der Waals surface area contributed by atoms with Gasteiger partial charge in [0.1, 0.15) is 0 Å². The van der Waals surface area contributed by atoms with Crippen LogP contribution in [0.1, 0.15) is 15.9 Å². The number of nitrogen functional groups attached to an aromatic ring is 1. The van der Waals surface area contributed by atoms with Gasteiger partial charge in [-0.25, -0.2) is 5.84 Å². The summed E-state index contributed by atoms with van der Waals surface area (Å²) in [6, 6.07) is 7.41. The van der Waals surface area contributed by atoms with E-state index in [1.165, 1.54) is 0 Å². The van der Waals surface area contributed by atoms with Gasteiger partial charge < -0.3 is 10.1 Å². The number of nitrogens with one attached hydrogen (secondary N) is 2. The fourth-order valence-corrected chi connectivity index (χ4v) is 1.89. The van der Waals surface area contributed by atoms with Gasteiger partial charge in [-0.05, 0) is 24.1 Å². The molecular weight excluding hydrogens is 218 g/mol. The van der Waals surface area contributed by atoms with Crippen LogP contribution in [0.25, 0.3) is 0 Å². The molecule has 1 aromatic carbocycles. The van der Waals surface area contributed by atoms with Gasteiger partial charge in [0.15, 0.2) is 0 Å².